The fourth-order valence-electron chi connectivity index (χ4n) is 2.70. The van der Waals surface area contributed by atoms with E-state index in [1.807, 2.05) is 0 Å². The molecule has 0 atom stereocenters. The summed E-state index contributed by atoms with van der Waals surface area (Å²) in [4.78, 5) is 46.7. The van der Waals surface area contributed by atoms with Gasteiger partial charge in [-0.15, -0.1) is 0 Å². The first-order valence-electron chi connectivity index (χ1n) is 9.29. The van der Waals surface area contributed by atoms with Crippen LogP contribution in [0.25, 0.3) is 0 Å². The fraction of sp³-hybridized carbons (Fsp3) is 0.0870. The third-order valence-corrected chi connectivity index (χ3v) is 4.36. The maximum absolute atomic E-state index is 12.3. The third kappa shape index (κ3) is 5.33. The summed E-state index contributed by atoms with van der Waals surface area (Å²) in [7, 11) is 1.42. The van der Waals surface area contributed by atoms with Gasteiger partial charge in [0.1, 0.15) is 17.1 Å². The van der Waals surface area contributed by atoms with Gasteiger partial charge < -0.3 is 14.2 Å². The molecule has 0 aromatic heterocycles. The van der Waals surface area contributed by atoms with E-state index < -0.39 is 29.3 Å². The Morgan fingerprint density at radius 2 is 1.47 bits per heavy atom. The molecular weight excluding hydrogens is 418 g/mol. The first-order chi connectivity index (χ1) is 15.4. The van der Waals surface area contributed by atoms with E-state index in [1.165, 1.54) is 61.7 Å². The van der Waals surface area contributed by atoms with Gasteiger partial charge in [0.15, 0.2) is 12.4 Å². The van der Waals surface area contributed by atoms with Crippen LogP contribution in [0.4, 0.5) is 5.69 Å². The smallest absolute Gasteiger partial charge is 0.343 e. The third-order valence-electron chi connectivity index (χ3n) is 4.36. The monoisotopic (exact) mass is 435 g/mol. The normalized spacial score (nSPS) is 10.2. The highest BCUT2D eigenvalue weighted by Gasteiger charge is 2.16. The summed E-state index contributed by atoms with van der Waals surface area (Å²) in [5, 5.41) is 10.7. The standard InChI is InChI=1S/C23H17NO8/c1-30-21-5-3-2-4-19(21)23(27)31-14-20(25)15-8-12-18(13-9-15)32-22(26)16-6-10-17(11-7-16)24(28)29/h2-13H,14H2,1H3. The number of nitro benzene ring substituents is 1. The lowest BCUT2D eigenvalue weighted by Crippen LogP contribution is -2.15. The van der Waals surface area contributed by atoms with E-state index in [9.17, 15) is 24.5 Å². The van der Waals surface area contributed by atoms with Crippen LogP contribution in [0.3, 0.4) is 0 Å². The Morgan fingerprint density at radius 1 is 0.844 bits per heavy atom. The number of ketones is 1. The van der Waals surface area contributed by atoms with Crippen LogP contribution in [0.2, 0.25) is 0 Å². The van der Waals surface area contributed by atoms with E-state index in [2.05, 4.69) is 0 Å². The number of methoxy groups -OCH3 is 1. The molecule has 0 aliphatic carbocycles. The SMILES string of the molecule is COc1ccccc1C(=O)OCC(=O)c1ccc(OC(=O)c2ccc([N+](=O)[O-])cc2)cc1. The number of rotatable bonds is 8. The average molecular weight is 435 g/mol. The second kappa shape index (κ2) is 9.98. The lowest BCUT2D eigenvalue weighted by molar-refractivity contribution is -0.384. The van der Waals surface area contributed by atoms with Crippen LogP contribution in [0.15, 0.2) is 72.8 Å². The van der Waals surface area contributed by atoms with Crippen molar-refractivity contribution >= 4 is 23.4 Å². The summed E-state index contributed by atoms with van der Waals surface area (Å²) >= 11 is 0. The molecule has 0 heterocycles. The number of benzene rings is 3. The van der Waals surface area contributed by atoms with Gasteiger partial charge in [-0.1, -0.05) is 12.1 Å². The Bertz CT molecular complexity index is 1150. The van der Waals surface area contributed by atoms with Crippen molar-refractivity contribution in [3.8, 4) is 11.5 Å². The van der Waals surface area contributed by atoms with E-state index in [0.717, 1.165) is 0 Å². The van der Waals surface area contributed by atoms with Crippen molar-refractivity contribution in [2.45, 2.75) is 0 Å². The zero-order chi connectivity index (χ0) is 23.1. The molecule has 0 amide bonds. The van der Waals surface area contributed by atoms with Gasteiger partial charge in [0.25, 0.3) is 5.69 Å². The number of hydrogen-bond donors (Lipinski definition) is 0. The lowest BCUT2D eigenvalue weighted by atomic mass is 10.1. The average Bonchev–Trinajstić information content (AvgIpc) is 2.82. The van der Waals surface area contributed by atoms with E-state index in [0.29, 0.717) is 5.75 Å². The van der Waals surface area contributed by atoms with Crippen LogP contribution in [-0.2, 0) is 4.74 Å². The van der Waals surface area contributed by atoms with Crippen molar-refractivity contribution in [1.29, 1.82) is 0 Å². The number of carbonyl (C=O) groups excluding carboxylic acids is 3. The number of non-ortho nitro benzene ring substituents is 1. The summed E-state index contributed by atoms with van der Waals surface area (Å²) in [6.45, 7) is -0.473. The van der Waals surface area contributed by atoms with E-state index >= 15 is 0 Å². The van der Waals surface area contributed by atoms with Crippen molar-refractivity contribution in [2.75, 3.05) is 13.7 Å². The Hall–Kier alpha value is -4.53. The maximum Gasteiger partial charge on any atom is 0.343 e. The van der Waals surface area contributed by atoms with Crippen LogP contribution in [0.5, 0.6) is 11.5 Å². The Labute approximate surface area is 182 Å². The molecule has 0 bridgehead atoms. The molecule has 0 fully saturated rings. The molecule has 0 saturated heterocycles. The molecule has 0 aliphatic heterocycles. The predicted molar refractivity (Wildman–Crippen MR) is 112 cm³/mol. The lowest BCUT2D eigenvalue weighted by Gasteiger charge is -2.08. The molecule has 9 nitrogen and oxygen atoms in total. The zero-order valence-corrected chi connectivity index (χ0v) is 16.8. The van der Waals surface area contributed by atoms with Crippen molar-refractivity contribution in [3.05, 3.63) is 99.6 Å². The largest absolute Gasteiger partial charge is 0.496 e. The number of carbonyl (C=O) groups is 3. The van der Waals surface area contributed by atoms with Gasteiger partial charge in [-0.05, 0) is 48.5 Å². The minimum Gasteiger partial charge on any atom is -0.496 e. The molecule has 3 aromatic rings. The summed E-state index contributed by atoms with van der Waals surface area (Å²) in [6.07, 6.45) is 0. The molecular formula is C23H17NO8. The number of nitrogens with zero attached hydrogens (tertiary/aromatic N) is 1. The highest BCUT2D eigenvalue weighted by molar-refractivity contribution is 6.00. The number of nitro groups is 1. The molecule has 3 aromatic carbocycles. The second-order valence-corrected chi connectivity index (χ2v) is 6.42. The van der Waals surface area contributed by atoms with E-state index in [-0.39, 0.29) is 28.1 Å². The number of hydrogen-bond acceptors (Lipinski definition) is 8. The van der Waals surface area contributed by atoms with Gasteiger partial charge >= 0.3 is 11.9 Å². The van der Waals surface area contributed by atoms with Crippen LogP contribution in [-0.4, -0.2) is 36.4 Å². The molecule has 0 radical (unpaired) electrons. The first kappa shape index (κ1) is 22.2. The number of Topliss-reactive ketones (excluding diaryl/α,β-unsaturated/α-hetero) is 1. The first-order valence-corrected chi connectivity index (χ1v) is 9.29. The fourth-order valence-corrected chi connectivity index (χ4v) is 2.70. The van der Waals surface area contributed by atoms with Crippen molar-refractivity contribution in [1.82, 2.24) is 0 Å². The summed E-state index contributed by atoms with van der Waals surface area (Å²) < 4.78 is 15.4. The van der Waals surface area contributed by atoms with Crippen LogP contribution < -0.4 is 9.47 Å². The van der Waals surface area contributed by atoms with Crippen molar-refractivity contribution in [3.63, 3.8) is 0 Å². The maximum atomic E-state index is 12.3. The second-order valence-electron chi connectivity index (χ2n) is 6.42. The topological polar surface area (TPSA) is 122 Å². The van der Waals surface area contributed by atoms with E-state index in [1.54, 1.807) is 18.2 Å². The molecule has 0 spiro atoms. The van der Waals surface area contributed by atoms with E-state index in [4.69, 9.17) is 14.2 Å². The Balaban J connectivity index is 1.57. The van der Waals surface area contributed by atoms with Crippen LogP contribution in [0.1, 0.15) is 31.1 Å². The number of esters is 2. The van der Waals surface area contributed by atoms with Crippen molar-refractivity contribution in [2.24, 2.45) is 0 Å². The van der Waals surface area contributed by atoms with Gasteiger partial charge in [-0.25, -0.2) is 9.59 Å². The number of ether oxygens (including phenoxy) is 3. The molecule has 9 heteroatoms. The molecule has 162 valence electrons. The Kier molecular flexibility index (Phi) is 6.92. The quantitative estimate of drug-likeness (QED) is 0.172. The van der Waals surface area contributed by atoms with Gasteiger partial charge in [-0.2, -0.15) is 0 Å². The molecule has 0 unspecified atom stereocenters. The molecule has 0 N–H and O–H groups in total. The zero-order valence-electron chi connectivity index (χ0n) is 16.8. The molecule has 3 rings (SSSR count). The van der Waals surface area contributed by atoms with Gasteiger partial charge in [0.05, 0.1) is 17.6 Å². The molecule has 32 heavy (non-hydrogen) atoms. The summed E-state index contributed by atoms with van der Waals surface area (Å²) in [5.74, 6) is -1.32. The number of para-hydroxylation sites is 1. The summed E-state index contributed by atoms with van der Waals surface area (Å²) in [5.41, 5.74) is 0.457. The van der Waals surface area contributed by atoms with Crippen molar-refractivity contribution < 1.29 is 33.5 Å². The Morgan fingerprint density at radius 3 is 2.09 bits per heavy atom. The minimum absolute atomic E-state index is 0.138. The summed E-state index contributed by atoms with van der Waals surface area (Å²) in [6, 6.07) is 17.1. The van der Waals surface area contributed by atoms with Crippen LogP contribution in [0, 0.1) is 10.1 Å². The molecule has 0 aliphatic rings. The minimum atomic E-state index is -0.704. The predicted octanol–water partition coefficient (Wildman–Crippen LogP) is 3.86. The van der Waals surface area contributed by atoms with Crippen LogP contribution >= 0.6 is 0 Å². The highest BCUT2D eigenvalue weighted by atomic mass is 16.6. The highest BCUT2D eigenvalue weighted by Crippen LogP contribution is 2.19. The van der Waals surface area contributed by atoms with Gasteiger partial charge in [0, 0.05) is 17.7 Å². The molecule has 0 saturated carbocycles. The van der Waals surface area contributed by atoms with Gasteiger partial charge in [-0.3, -0.25) is 14.9 Å². The van der Waals surface area contributed by atoms with Gasteiger partial charge in [0.2, 0.25) is 0 Å².